The van der Waals surface area contributed by atoms with Gasteiger partial charge in [0.25, 0.3) is 0 Å². The predicted molar refractivity (Wildman–Crippen MR) is 60.4 cm³/mol. The molecule has 2 unspecified atom stereocenters. The van der Waals surface area contributed by atoms with E-state index in [0.717, 1.165) is 30.2 Å². The number of rotatable bonds is 3. The Kier molecular flexibility index (Phi) is 3.59. The Morgan fingerprint density at radius 3 is 2.87 bits per heavy atom. The topological polar surface area (TPSA) is 47.3 Å². The van der Waals surface area contributed by atoms with Crippen molar-refractivity contribution in [1.82, 2.24) is 5.43 Å². The molecule has 4 heteroatoms. The lowest BCUT2D eigenvalue weighted by molar-refractivity contribution is 0.177. The molecule has 1 aromatic rings. The Labute approximate surface area is 94.5 Å². The molecule has 0 aromatic heterocycles. The number of benzene rings is 1. The molecule has 1 fully saturated rings. The summed E-state index contributed by atoms with van der Waals surface area (Å²) < 4.78 is 5.36. The van der Waals surface area contributed by atoms with Gasteiger partial charge in [0.2, 0.25) is 0 Å². The van der Waals surface area contributed by atoms with E-state index < -0.39 is 0 Å². The number of hydrazine groups is 1. The first kappa shape index (κ1) is 10.9. The smallest absolute Gasteiger partial charge is 0.0525 e. The van der Waals surface area contributed by atoms with Crippen LogP contribution >= 0.6 is 11.6 Å². The van der Waals surface area contributed by atoms with Crippen molar-refractivity contribution in [3.63, 3.8) is 0 Å². The quantitative estimate of drug-likeness (QED) is 0.611. The summed E-state index contributed by atoms with van der Waals surface area (Å²) in [4.78, 5) is 0. The maximum Gasteiger partial charge on any atom is 0.0525 e. The van der Waals surface area contributed by atoms with Crippen LogP contribution in [0.4, 0.5) is 0 Å². The number of nitrogens with one attached hydrogen (secondary N) is 1. The fraction of sp³-hybridized carbons (Fsp3) is 0.455. The summed E-state index contributed by atoms with van der Waals surface area (Å²) in [6, 6.07) is 7.87. The molecule has 0 radical (unpaired) electrons. The van der Waals surface area contributed by atoms with Crippen LogP contribution in [0, 0.1) is 5.92 Å². The summed E-state index contributed by atoms with van der Waals surface area (Å²) in [7, 11) is 0. The monoisotopic (exact) mass is 226 g/mol. The summed E-state index contributed by atoms with van der Waals surface area (Å²) in [5.41, 5.74) is 3.89. The van der Waals surface area contributed by atoms with Crippen molar-refractivity contribution in [2.75, 3.05) is 13.2 Å². The number of nitrogens with two attached hydrogens (primary N) is 1. The average Bonchev–Trinajstić information content (AvgIpc) is 2.75. The summed E-state index contributed by atoms with van der Waals surface area (Å²) >= 11 is 6.14. The molecule has 0 amide bonds. The number of ether oxygens (including phenoxy) is 1. The van der Waals surface area contributed by atoms with Crippen LogP contribution in [-0.4, -0.2) is 13.2 Å². The van der Waals surface area contributed by atoms with E-state index in [0.29, 0.717) is 5.92 Å². The van der Waals surface area contributed by atoms with Crippen molar-refractivity contribution in [2.24, 2.45) is 11.8 Å². The zero-order chi connectivity index (χ0) is 10.7. The maximum absolute atomic E-state index is 6.14. The van der Waals surface area contributed by atoms with Gasteiger partial charge in [-0.1, -0.05) is 29.8 Å². The van der Waals surface area contributed by atoms with E-state index in [-0.39, 0.29) is 6.04 Å². The molecule has 1 aromatic carbocycles. The first-order valence-electron chi connectivity index (χ1n) is 5.11. The Hall–Kier alpha value is -0.610. The summed E-state index contributed by atoms with van der Waals surface area (Å²) in [6.07, 6.45) is 1.03. The zero-order valence-electron chi connectivity index (χ0n) is 8.45. The molecular weight excluding hydrogens is 212 g/mol. The van der Waals surface area contributed by atoms with E-state index in [1.165, 1.54) is 0 Å². The van der Waals surface area contributed by atoms with Gasteiger partial charge in [-0.05, 0) is 18.1 Å². The van der Waals surface area contributed by atoms with Gasteiger partial charge in [0.1, 0.15) is 0 Å². The van der Waals surface area contributed by atoms with Crippen molar-refractivity contribution in [2.45, 2.75) is 12.5 Å². The highest BCUT2D eigenvalue weighted by atomic mass is 35.5. The van der Waals surface area contributed by atoms with Crippen LogP contribution in [0.3, 0.4) is 0 Å². The van der Waals surface area contributed by atoms with Crippen molar-refractivity contribution in [3.8, 4) is 0 Å². The summed E-state index contributed by atoms with van der Waals surface area (Å²) in [5, 5.41) is 0.757. The molecule has 2 rings (SSSR count). The normalized spacial score (nSPS) is 22.9. The van der Waals surface area contributed by atoms with Gasteiger partial charge in [0.05, 0.1) is 12.6 Å². The minimum Gasteiger partial charge on any atom is -0.381 e. The van der Waals surface area contributed by atoms with Crippen molar-refractivity contribution < 1.29 is 4.74 Å². The Morgan fingerprint density at radius 1 is 1.47 bits per heavy atom. The van der Waals surface area contributed by atoms with Gasteiger partial charge < -0.3 is 4.74 Å². The van der Waals surface area contributed by atoms with Crippen LogP contribution in [0.5, 0.6) is 0 Å². The third-order valence-corrected chi connectivity index (χ3v) is 3.20. The fourth-order valence-corrected chi connectivity index (χ4v) is 2.28. The highest BCUT2D eigenvalue weighted by Gasteiger charge is 2.27. The Morgan fingerprint density at radius 2 is 2.27 bits per heavy atom. The lowest BCUT2D eigenvalue weighted by Crippen LogP contribution is -2.34. The molecule has 2 atom stereocenters. The molecule has 1 saturated heterocycles. The van der Waals surface area contributed by atoms with E-state index >= 15 is 0 Å². The lowest BCUT2D eigenvalue weighted by atomic mass is 9.93. The minimum absolute atomic E-state index is 0.0844. The van der Waals surface area contributed by atoms with Crippen molar-refractivity contribution >= 4 is 11.6 Å². The molecule has 1 heterocycles. The van der Waals surface area contributed by atoms with E-state index in [4.69, 9.17) is 22.2 Å². The van der Waals surface area contributed by atoms with Gasteiger partial charge in [-0.25, -0.2) is 0 Å². The Bertz CT molecular complexity index is 326. The highest BCUT2D eigenvalue weighted by Crippen LogP contribution is 2.31. The van der Waals surface area contributed by atoms with Crippen LogP contribution in [-0.2, 0) is 4.74 Å². The largest absolute Gasteiger partial charge is 0.381 e. The molecule has 0 saturated carbocycles. The number of hydrogen-bond donors (Lipinski definition) is 2. The molecule has 0 aliphatic carbocycles. The molecule has 1 aliphatic heterocycles. The second-order valence-electron chi connectivity index (χ2n) is 3.79. The SMILES string of the molecule is NNC(c1ccccc1Cl)C1CCOC1. The minimum atomic E-state index is 0.0844. The molecule has 1 aliphatic rings. The number of halogens is 1. The molecule has 15 heavy (non-hydrogen) atoms. The van der Waals surface area contributed by atoms with E-state index in [1.807, 2.05) is 24.3 Å². The van der Waals surface area contributed by atoms with Gasteiger partial charge in [0, 0.05) is 17.5 Å². The van der Waals surface area contributed by atoms with Crippen LogP contribution in [0.1, 0.15) is 18.0 Å². The first-order chi connectivity index (χ1) is 7.33. The van der Waals surface area contributed by atoms with Crippen LogP contribution in [0.25, 0.3) is 0 Å². The van der Waals surface area contributed by atoms with Gasteiger partial charge >= 0.3 is 0 Å². The van der Waals surface area contributed by atoms with Crippen LogP contribution in [0.15, 0.2) is 24.3 Å². The highest BCUT2D eigenvalue weighted by molar-refractivity contribution is 6.31. The van der Waals surface area contributed by atoms with Gasteiger partial charge in [-0.15, -0.1) is 0 Å². The third kappa shape index (κ3) is 2.32. The fourth-order valence-electron chi connectivity index (χ4n) is 2.02. The molecule has 3 nitrogen and oxygen atoms in total. The van der Waals surface area contributed by atoms with Gasteiger partial charge in [0.15, 0.2) is 0 Å². The second kappa shape index (κ2) is 4.94. The van der Waals surface area contributed by atoms with Crippen LogP contribution in [0.2, 0.25) is 5.02 Å². The third-order valence-electron chi connectivity index (χ3n) is 2.86. The molecule has 3 N–H and O–H groups in total. The maximum atomic E-state index is 6.14. The van der Waals surface area contributed by atoms with E-state index in [2.05, 4.69) is 5.43 Å². The molecule has 0 bridgehead atoms. The molecule has 0 spiro atoms. The van der Waals surface area contributed by atoms with E-state index in [9.17, 15) is 0 Å². The predicted octanol–water partition coefficient (Wildman–Crippen LogP) is 1.88. The van der Waals surface area contributed by atoms with Gasteiger partial charge in [-0.2, -0.15) is 0 Å². The van der Waals surface area contributed by atoms with Crippen LogP contribution < -0.4 is 11.3 Å². The summed E-state index contributed by atoms with van der Waals surface area (Å²) in [5.74, 6) is 6.00. The Balaban J connectivity index is 2.22. The number of hydrogen-bond acceptors (Lipinski definition) is 3. The molecular formula is C11H15ClN2O. The van der Waals surface area contributed by atoms with Gasteiger partial charge in [-0.3, -0.25) is 11.3 Å². The standard InChI is InChI=1S/C11H15ClN2O/c12-10-4-2-1-3-9(10)11(14-13)8-5-6-15-7-8/h1-4,8,11,14H,5-7,13H2. The first-order valence-corrected chi connectivity index (χ1v) is 5.49. The van der Waals surface area contributed by atoms with Crippen molar-refractivity contribution in [1.29, 1.82) is 0 Å². The second-order valence-corrected chi connectivity index (χ2v) is 4.20. The van der Waals surface area contributed by atoms with Crippen molar-refractivity contribution in [3.05, 3.63) is 34.9 Å². The average molecular weight is 227 g/mol. The van der Waals surface area contributed by atoms with E-state index in [1.54, 1.807) is 0 Å². The molecule has 82 valence electrons. The zero-order valence-corrected chi connectivity index (χ0v) is 9.20. The lowest BCUT2D eigenvalue weighted by Gasteiger charge is -2.22. The summed E-state index contributed by atoms with van der Waals surface area (Å²) in [6.45, 7) is 1.56.